The number of hydrogen-bond acceptors (Lipinski definition) is 7. The summed E-state index contributed by atoms with van der Waals surface area (Å²) < 4.78 is 45.3. The molecule has 0 bridgehead atoms. The summed E-state index contributed by atoms with van der Waals surface area (Å²) in [5, 5.41) is 2.74. The normalized spacial score (nSPS) is 13.2. The minimum atomic E-state index is -4.17. The zero-order valence-electron chi connectivity index (χ0n) is 22.7. The molecule has 0 saturated heterocycles. The highest BCUT2D eigenvalue weighted by atomic mass is 32.2. The van der Waals surface area contributed by atoms with Crippen molar-refractivity contribution in [3.63, 3.8) is 0 Å². The lowest BCUT2D eigenvalue weighted by molar-refractivity contribution is -0.139. The van der Waals surface area contributed by atoms with E-state index in [-0.39, 0.29) is 23.0 Å². The van der Waals surface area contributed by atoms with Crippen molar-refractivity contribution in [2.75, 3.05) is 37.7 Å². The number of nitrogens with zero attached hydrogens (tertiary/aromatic N) is 2. The fourth-order valence-electron chi connectivity index (χ4n) is 4.27. The van der Waals surface area contributed by atoms with E-state index in [1.54, 1.807) is 81.6 Å². The molecule has 3 aromatic carbocycles. The van der Waals surface area contributed by atoms with Gasteiger partial charge in [-0.25, -0.2) is 8.42 Å². The summed E-state index contributed by atoms with van der Waals surface area (Å²) in [4.78, 5) is 28.2. The largest absolute Gasteiger partial charge is 0.497 e. The molecular formula is C29H33N3O7S. The van der Waals surface area contributed by atoms with Crippen LogP contribution in [0.2, 0.25) is 0 Å². The van der Waals surface area contributed by atoms with Crippen LogP contribution in [0, 0.1) is 0 Å². The second-order valence-corrected chi connectivity index (χ2v) is 11.0. The fourth-order valence-corrected chi connectivity index (χ4v) is 5.69. The molecule has 0 spiro atoms. The van der Waals surface area contributed by atoms with Gasteiger partial charge in [0.25, 0.3) is 10.0 Å². The Morgan fingerprint density at radius 2 is 1.65 bits per heavy atom. The molecule has 4 rings (SSSR count). The minimum absolute atomic E-state index is 0.0242. The third kappa shape index (κ3) is 6.48. The third-order valence-corrected chi connectivity index (χ3v) is 8.24. The van der Waals surface area contributed by atoms with Gasteiger partial charge in [-0.2, -0.15) is 0 Å². The van der Waals surface area contributed by atoms with Gasteiger partial charge in [0.05, 0.1) is 17.7 Å². The zero-order chi connectivity index (χ0) is 28.7. The first-order valence-corrected chi connectivity index (χ1v) is 14.4. The second-order valence-electron chi connectivity index (χ2n) is 9.09. The lowest BCUT2D eigenvalue weighted by Gasteiger charge is -2.32. The van der Waals surface area contributed by atoms with Crippen molar-refractivity contribution in [3.8, 4) is 17.2 Å². The van der Waals surface area contributed by atoms with Crippen LogP contribution >= 0.6 is 0 Å². The number of likely N-dealkylation sites (N-methyl/N-ethyl adjacent to an activating group) is 1. The Balaban J connectivity index is 1.72. The van der Waals surface area contributed by atoms with E-state index in [1.165, 1.54) is 17.0 Å². The number of benzene rings is 3. The molecule has 1 aliphatic rings. The molecule has 1 atom stereocenters. The fraction of sp³-hybridized carbons (Fsp3) is 0.310. The molecule has 3 aromatic rings. The van der Waals surface area contributed by atoms with Crippen LogP contribution in [0.25, 0.3) is 0 Å². The van der Waals surface area contributed by atoms with Crippen LogP contribution in [0.3, 0.4) is 0 Å². The molecule has 10 nitrogen and oxygen atoms in total. The highest BCUT2D eigenvalue weighted by Crippen LogP contribution is 2.36. The topological polar surface area (TPSA) is 114 Å². The Bertz CT molecular complexity index is 1430. The maximum absolute atomic E-state index is 13.9. The van der Waals surface area contributed by atoms with Crippen LogP contribution in [-0.2, 0) is 26.2 Å². The molecule has 0 saturated carbocycles. The summed E-state index contributed by atoms with van der Waals surface area (Å²) in [6.07, 6.45) is 0. The van der Waals surface area contributed by atoms with E-state index in [2.05, 4.69) is 5.32 Å². The quantitative estimate of drug-likeness (QED) is 0.378. The van der Waals surface area contributed by atoms with Crippen LogP contribution < -0.4 is 23.8 Å². The summed E-state index contributed by atoms with van der Waals surface area (Å²) in [6.45, 7) is 4.04. The van der Waals surface area contributed by atoms with Crippen molar-refractivity contribution in [1.29, 1.82) is 0 Å². The molecule has 1 aliphatic heterocycles. The molecule has 2 amide bonds. The molecule has 11 heteroatoms. The van der Waals surface area contributed by atoms with Crippen molar-refractivity contribution in [2.45, 2.75) is 31.3 Å². The van der Waals surface area contributed by atoms with Crippen molar-refractivity contribution in [3.05, 3.63) is 78.4 Å². The van der Waals surface area contributed by atoms with Gasteiger partial charge >= 0.3 is 0 Å². The van der Waals surface area contributed by atoms with Gasteiger partial charge in [-0.15, -0.1) is 0 Å². The van der Waals surface area contributed by atoms with Crippen molar-refractivity contribution < 1.29 is 32.2 Å². The standard InChI is InChI=1S/C29H33N3O7S/c1-4-30-29(34)21(2)31(19-22-10-13-24(37-3)14-11-22)28(33)20-32(40(35,36)25-8-6-5-7-9-25)23-12-15-26-27(18-23)39-17-16-38-26/h5-15,18,21H,4,16-17,19-20H2,1-3H3,(H,30,34). The second kappa shape index (κ2) is 12.7. The summed E-state index contributed by atoms with van der Waals surface area (Å²) in [5.74, 6) is 0.627. The van der Waals surface area contributed by atoms with Gasteiger partial charge in [-0.3, -0.25) is 13.9 Å². The third-order valence-electron chi connectivity index (χ3n) is 6.45. The Morgan fingerprint density at radius 3 is 2.30 bits per heavy atom. The highest BCUT2D eigenvalue weighted by molar-refractivity contribution is 7.92. The monoisotopic (exact) mass is 567 g/mol. The predicted molar refractivity (Wildman–Crippen MR) is 150 cm³/mol. The number of ether oxygens (including phenoxy) is 3. The van der Waals surface area contributed by atoms with Gasteiger partial charge in [-0.05, 0) is 55.8 Å². The van der Waals surface area contributed by atoms with Gasteiger partial charge < -0.3 is 24.4 Å². The molecular weight excluding hydrogens is 534 g/mol. The van der Waals surface area contributed by atoms with E-state index in [4.69, 9.17) is 14.2 Å². The Morgan fingerprint density at radius 1 is 0.975 bits per heavy atom. The number of carbonyl (C=O) groups excluding carboxylic acids is 2. The number of fused-ring (bicyclic) bond motifs is 1. The molecule has 1 N–H and O–H groups in total. The van der Waals surface area contributed by atoms with E-state index < -0.39 is 28.5 Å². The average Bonchev–Trinajstić information content (AvgIpc) is 2.98. The molecule has 0 aromatic heterocycles. The molecule has 40 heavy (non-hydrogen) atoms. The van der Waals surface area contributed by atoms with E-state index in [0.717, 1.165) is 9.87 Å². The minimum Gasteiger partial charge on any atom is -0.497 e. The number of rotatable bonds is 11. The first-order chi connectivity index (χ1) is 19.2. The van der Waals surface area contributed by atoms with Crippen LogP contribution in [0.1, 0.15) is 19.4 Å². The first kappa shape index (κ1) is 28.8. The number of nitrogens with one attached hydrogen (secondary N) is 1. The first-order valence-electron chi connectivity index (χ1n) is 12.9. The van der Waals surface area contributed by atoms with Gasteiger partial charge in [0, 0.05) is 19.2 Å². The van der Waals surface area contributed by atoms with Crippen LogP contribution in [0.4, 0.5) is 5.69 Å². The molecule has 0 fully saturated rings. The van der Waals surface area contributed by atoms with Crippen molar-refractivity contribution in [2.24, 2.45) is 0 Å². The SMILES string of the molecule is CCNC(=O)C(C)N(Cc1ccc(OC)cc1)C(=O)CN(c1ccc2c(c1)OCCO2)S(=O)(=O)c1ccccc1. The highest BCUT2D eigenvalue weighted by Gasteiger charge is 2.33. The number of hydrogen-bond donors (Lipinski definition) is 1. The van der Waals surface area contributed by atoms with Crippen molar-refractivity contribution in [1.82, 2.24) is 10.2 Å². The predicted octanol–water partition coefficient (Wildman–Crippen LogP) is 3.22. The maximum atomic E-state index is 13.9. The number of methoxy groups -OCH3 is 1. The zero-order valence-corrected chi connectivity index (χ0v) is 23.5. The number of anilines is 1. The van der Waals surface area contributed by atoms with E-state index >= 15 is 0 Å². The Labute approximate surface area is 234 Å². The summed E-state index contributed by atoms with van der Waals surface area (Å²) >= 11 is 0. The van der Waals surface area contributed by atoms with Gasteiger partial charge in [0.2, 0.25) is 11.8 Å². The molecule has 1 unspecified atom stereocenters. The average molecular weight is 568 g/mol. The molecule has 1 heterocycles. The van der Waals surface area contributed by atoms with Gasteiger partial charge in [-0.1, -0.05) is 30.3 Å². The Hall–Kier alpha value is -4.25. The Kier molecular flexibility index (Phi) is 9.15. The van der Waals surface area contributed by atoms with Gasteiger partial charge in [0.15, 0.2) is 11.5 Å². The lowest BCUT2D eigenvalue weighted by Crippen LogP contribution is -2.51. The van der Waals surface area contributed by atoms with Crippen LogP contribution in [0.5, 0.6) is 17.2 Å². The van der Waals surface area contributed by atoms with Gasteiger partial charge in [0.1, 0.15) is 31.5 Å². The van der Waals surface area contributed by atoms with Crippen LogP contribution in [-0.4, -0.2) is 64.6 Å². The maximum Gasteiger partial charge on any atom is 0.264 e. The van der Waals surface area contributed by atoms with Crippen LogP contribution in [0.15, 0.2) is 77.7 Å². The van der Waals surface area contributed by atoms with Crippen molar-refractivity contribution >= 4 is 27.5 Å². The number of amides is 2. The van der Waals surface area contributed by atoms with E-state index in [0.29, 0.717) is 37.0 Å². The smallest absolute Gasteiger partial charge is 0.264 e. The van der Waals surface area contributed by atoms with E-state index in [9.17, 15) is 18.0 Å². The molecule has 0 aliphatic carbocycles. The summed E-state index contributed by atoms with van der Waals surface area (Å²) in [7, 11) is -2.62. The molecule has 212 valence electrons. The number of sulfonamides is 1. The molecule has 0 radical (unpaired) electrons. The summed E-state index contributed by atoms with van der Waals surface area (Å²) in [5.41, 5.74) is 0.985. The van der Waals surface area contributed by atoms with E-state index in [1.807, 2.05) is 0 Å². The lowest BCUT2D eigenvalue weighted by atomic mass is 10.1. The summed E-state index contributed by atoms with van der Waals surface area (Å²) in [6, 6.07) is 18.9. The number of carbonyl (C=O) groups is 2.